The standard InChI is InChI=1S/C16H15ClN2O5S/c1-25(22,23)13-5-2-11(3-6-13)8-16(21)24-10-15(20)19-14-7-4-12(17)9-18-14/h2-7,9H,8,10H2,1H3,(H,18,19,20). The first-order valence-electron chi connectivity index (χ1n) is 7.10. The summed E-state index contributed by atoms with van der Waals surface area (Å²) in [5.74, 6) is -0.844. The summed E-state index contributed by atoms with van der Waals surface area (Å²) in [6.45, 7) is -0.454. The van der Waals surface area contributed by atoms with Gasteiger partial charge in [0, 0.05) is 12.5 Å². The lowest BCUT2D eigenvalue weighted by molar-refractivity contribution is -0.146. The number of amides is 1. The number of hydrogen-bond acceptors (Lipinski definition) is 6. The van der Waals surface area contributed by atoms with E-state index in [9.17, 15) is 18.0 Å². The molecule has 0 saturated heterocycles. The Morgan fingerprint density at radius 3 is 2.40 bits per heavy atom. The Morgan fingerprint density at radius 1 is 1.16 bits per heavy atom. The van der Waals surface area contributed by atoms with Crippen LogP contribution in [0.2, 0.25) is 5.02 Å². The van der Waals surface area contributed by atoms with Gasteiger partial charge in [0.2, 0.25) is 0 Å². The van der Waals surface area contributed by atoms with E-state index in [0.29, 0.717) is 16.4 Å². The highest BCUT2D eigenvalue weighted by molar-refractivity contribution is 7.90. The number of aromatic nitrogens is 1. The van der Waals surface area contributed by atoms with Crippen LogP contribution in [-0.4, -0.2) is 38.1 Å². The number of nitrogens with zero attached hydrogens (tertiary/aromatic N) is 1. The predicted octanol–water partition coefficient (Wildman–Crippen LogP) is 1.86. The Morgan fingerprint density at radius 2 is 1.84 bits per heavy atom. The van der Waals surface area contributed by atoms with Gasteiger partial charge in [-0.2, -0.15) is 0 Å². The van der Waals surface area contributed by atoms with Crippen LogP contribution in [0.15, 0.2) is 47.5 Å². The molecule has 0 radical (unpaired) electrons. The maximum Gasteiger partial charge on any atom is 0.310 e. The average Bonchev–Trinajstić information content (AvgIpc) is 2.55. The summed E-state index contributed by atoms with van der Waals surface area (Å²) in [5, 5.41) is 2.90. The van der Waals surface area contributed by atoms with Crippen LogP contribution in [0, 0.1) is 0 Å². The lowest BCUT2D eigenvalue weighted by Crippen LogP contribution is -2.22. The molecule has 0 aliphatic heterocycles. The van der Waals surface area contributed by atoms with Crippen LogP contribution in [-0.2, 0) is 30.6 Å². The number of sulfone groups is 1. The van der Waals surface area contributed by atoms with E-state index in [1.54, 1.807) is 6.07 Å². The summed E-state index contributed by atoms with van der Waals surface area (Å²) in [6, 6.07) is 8.96. The monoisotopic (exact) mass is 382 g/mol. The molecule has 0 unspecified atom stereocenters. The van der Waals surface area contributed by atoms with Crippen molar-refractivity contribution in [3.8, 4) is 0 Å². The second-order valence-corrected chi connectivity index (χ2v) is 7.62. The van der Waals surface area contributed by atoms with Crippen molar-refractivity contribution in [3.05, 3.63) is 53.2 Å². The molecular formula is C16H15ClN2O5S. The molecular weight excluding hydrogens is 368 g/mol. The fourth-order valence-corrected chi connectivity index (χ4v) is 2.59. The number of anilines is 1. The minimum absolute atomic E-state index is 0.0729. The Balaban J connectivity index is 1.82. The lowest BCUT2D eigenvalue weighted by atomic mass is 10.1. The van der Waals surface area contributed by atoms with Crippen LogP contribution < -0.4 is 5.32 Å². The van der Waals surface area contributed by atoms with Crippen molar-refractivity contribution in [1.29, 1.82) is 0 Å². The maximum atomic E-state index is 11.7. The van der Waals surface area contributed by atoms with Gasteiger partial charge in [-0.15, -0.1) is 0 Å². The SMILES string of the molecule is CS(=O)(=O)c1ccc(CC(=O)OCC(=O)Nc2ccc(Cl)cn2)cc1. The number of pyridine rings is 1. The van der Waals surface area contributed by atoms with Gasteiger partial charge in [-0.1, -0.05) is 23.7 Å². The molecule has 9 heteroatoms. The van der Waals surface area contributed by atoms with Gasteiger partial charge in [0.25, 0.3) is 5.91 Å². The molecule has 1 N–H and O–H groups in total. The fraction of sp³-hybridized carbons (Fsp3) is 0.188. The summed E-state index contributed by atoms with van der Waals surface area (Å²) < 4.78 is 27.6. The molecule has 132 valence electrons. The van der Waals surface area contributed by atoms with Crippen LogP contribution in [0.3, 0.4) is 0 Å². The fourth-order valence-electron chi connectivity index (χ4n) is 1.85. The molecule has 0 bridgehead atoms. The molecule has 1 amide bonds. The van der Waals surface area contributed by atoms with E-state index >= 15 is 0 Å². The average molecular weight is 383 g/mol. The van der Waals surface area contributed by atoms with E-state index in [1.165, 1.54) is 36.5 Å². The summed E-state index contributed by atoms with van der Waals surface area (Å²) in [5.41, 5.74) is 0.581. The normalized spacial score (nSPS) is 11.0. The zero-order valence-corrected chi connectivity index (χ0v) is 14.8. The minimum Gasteiger partial charge on any atom is -0.455 e. The van der Waals surface area contributed by atoms with Crippen molar-refractivity contribution in [2.75, 3.05) is 18.2 Å². The summed E-state index contributed by atoms with van der Waals surface area (Å²) in [6.07, 6.45) is 2.41. The molecule has 2 rings (SSSR count). The first kappa shape index (κ1) is 18.9. The molecule has 0 saturated carbocycles. The number of rotatable bonds is 6. The summed E-state index contributed by atoms with van der Waals surface area (Å²) in [7, 11) is -3.29. The van der Waals surface area contributed by atoms with Crippen LogP contribution in [0.4, 0.5) is 5.82 Å². The van der Waals surface area contributed by atoms with Gasteiger partial charge < -0.3 is 10.1 Å². The minimum atomic E-state index is -3.29. The van der Waals surface area contributed by atoms with Crippen LogP contribution in [0.1, 0.15) is 5.56 Å². The Labute approximate surface area is 149 Å². The van der Waals surface area contributed by atoms with Gasteiger partial charge in [-0.25, -0.2) is 13.4 Å². The maximum absolute atomic E-state index is 11.7. The van der Waals surface area contributed by atoms with Crippen LogP contribution in [0.5, 0.6) is 0 Å². The third kappa shape index (κ3) is 6.17. The van der Waals surface area contributed by atoms with Gasteiger partial charge in [0.15, 0.2) is 16.4 Å². The molecule has 2 aromatic rings. The number of carbonyl (C=O) groups excluding carboxylic acids is 2. The quantitative estimate of drug-likeness (QED) is 0.765. The van der Waals surface area contributed by atoms with Crippen molar-refractivity contribution in [1.82, 2.24) is 4.98 Å². The van der Waals surface area contributed by atoms with Crippen molar-refractivity contribution >= 4 is 39.1 Å². The molecule has 25 heavy (non-hydrogen) atoms. The van der Waals surface area contributed by atoms with E-state index < -0.39 is 28.3 Å². The summed E-state index contributed by atoms with van der Waals surface area (Å²) >= 11 is 5.68. The molecule has 0 fully saturated rings. The Bertz CT molecular complexity index is 864. The highest BCUT2D eigenvalue weighted by Crippen LogP contribution is 2.11. The molecule has 0 spiro atoms. The summed E-state index contributed by atoms with van der Waals surface area (Å²) in [4.78, 5) is 27.5. The van der Waals surface area contributed by atoms with E-state index in [4.69, 9.17) is 16.3 Å². The Hall–Kier alpha value is -2.45. The van der Waals surface area contributed by atoms with Gasteiger partial charge in [-0.3, -0.25) is 9.59 Å². The van der Waals surface area contributed by atoms with E-state index in [0.717, 1.165) is 6.26 Å². The smallest absolute Gasteiger partial charge is 0.310 e. The molecule has 7 nitrogen and oxygen atoms in total. The molecule has 0 aliphatic rings. The molecule has 1 heterocycles. The zero-order valence-electron chi connectivity index (χ0n) is 13.2. The number of carbonyl (C=O) groups is 2. The van der Waals surface area contributed by atoms with Gasteiger partial charge in [-0.05, 0) is 29.8 Å². The number of halogens is 1. The molecule has 0 atom stereocenters. The van der Waals surface area contributed by atoms with Crippen LogP contribution >= 0.6 is 11.6 Å². The number of benzene rings is 1. The third-order valence-corrected chi connectivity index (χ3v) is 4.41. The molecule has 1 aromatic carbocycles. The van der Waals surface area contributed by atoms with Crippen molar-refractivity contribution in [2.45, 2.75) is 11.3 Å². The largest absolute Gasteiger partial charge is 0.455 e. The first-order chi connectivity index (χ1) is 11.7. The van der Waals surface area contributed by atoms with E-state index in [-0.39, 0.29) is 11.3 Å². The van der Waals surface area contributed by atoms with Gasteiger partial charge in [0.1, 0.15) is 5.82 Å². The molecule has 0 aliphatic carbocycles. The third-order valence-electron chi connectivity index (χ3n) is 3.06. The lowest BCUT2D eigenvalue weighted by Gasteiger charge is -2.06. The number of hydrogen-bond donors (Lipinski definition) is 1. The van der Waals surface area contributed by atoms with Crippen LogP contribution in [0.25, 0.3) is 0 Å². The van der Waals surface area contributed by atoms with Gasteiger partial charge >= 0.3 is 5.97 Å². The van der Waals surface area contributed by atoms with Gasteiger partial charge in [0.05, 0.1) is 16.3 Å². The van der Waals surface area contributed by atoms with Crippen molar-refractivity contribution in [3.63, 3.8) is 0 Å². The number of esters is 1. The first-order valence-corrected chi connectivity index (χ1v) is 9.37. The van der Waals surface area contributed by atoms with Crippen molar-refractivity contribution in [2.24, 2.45) is 0 Å². The second kappa shape index (κ2) is 8.09. The van der Waals surface area contributed by atoms with Crippen molar-refractivity contribution < 1.29 is 22.7 Å². The van der Waals surface area contributed by atoms with E-state index in [1.807, 2.05) is 0 Å². The number of ether oxygens (including phenoxy) is 1. The van der Waals surface area contributed by atoms with E-state index in [2.05, 4.69) is 10.3 Å². The number of nitrogens with one attached hydrogen (secondary N) is 1. The predicted molar refractivity (Wildman–Crippen MR) is 92.1 cm³/mol. The Kier molecular flexibility index (Phi) is 6.11. The zero-order chi connectivity index (χ0) is 18.4. The second-order valence-electron chi connectivity index (χ2n) is 5.16. The highest BCUT2D eigenvalue weighted by atomic mass is 35.5. The molecule has 1 aromatic heterocycles. The topological polar surface area (TPSA) is 102 Å². The highest BCUT2D eigenvalue weighted by Gasteiger charge is 2.11.